The van der Waals surface area contributed by atoms with Crippen molar-refractivity contribution in [2.45, 2.75) is 44.9 Å². The van der Waals surface area contributed by atoms with Gasteiger partial charge in [0.25, 0.3) is 0 Å². The third-order valence-electron chi connectivity index (χ3n) is 7.26. The minimum atomic E-state index is -0.164. The summed E-state index contributed by atoms with van der Waals surface area (Å²) in [6.07, 6.45) is 11.5. The van der Waals surface area contributed by atoms with Crippen LogP contribution in [0.5, 0.6) is 5.75 Å². The van der Waals surface area contributed by atoms with Crippen LogP contribution >= 0.6 is 0 Å². The van der Waals surface area contributed by atoms with Crippen molar-refractivity contribution in [1.82, 2.24) is 4.90 Å². The first-order valence-electron chi connectivity index (χ1n) is 10.2. The molecule has 3 nitrogen and oxygen atoms in total. The molecule has 27 heavy (non-hydrogen) atoms. The van der Waals surface area contributed by atoms with Gasteiger partial charge < -0.3 is 9.64 Å². The number of rotatable bonds is 3. The zero-order valence-electron chi connectivity index (χ0n) is 17.0. The zero-order chi connectivity index (χ0) is 19.2. The second-order valence-corrected chi connectivity index (χ2v) is 8.97. The van der Waals surface area contributed by atoms with Crippen LogP contribution in [0.4, 0.5) is 0 Å². The quantitative estimate of drug-likeness (QED) is 0.725. The number of methoxy groups -OCH3 is 1. The Morgan fingerprint density at radius 3 is 2.81 bits per heavy atom. The lowest BCUT2D eigenvalue weighted by molar-refractivity contribution is -0.127. The van der Waals surface area contributed by atoms with E-state index in [1.54, 1.807) is 7.11 Å². The van der Waals surface area contributed by atoms with E-state index >= 15 is 0 Å². The molecule has 0 N–H and O–H groups in total. The number of aryl methyl sites for hydroxylation is 1. The van der Waals surface area contributed by atoms with Gasteiger partial charge in [-0.1, -0.05) is 19.1 Å². The molecule has 144 valence electrons. The number of hydrogen-bond donors (Lipinski definition) is 0. The Kier molecular flexibility index (Phi) is 4.65. The molecule has 2 fully saturated rings. The molecule has 0 aliphatic heterocycles. The zero-order valence-corrected chi connectivity index (χ0v) is 17.0. The second kappa shape index (κ2) is 6.85. The van der Waals surface area contributed by atoms with Crippen LogP contribution in [0.2, 0.25) is 0 Å². The largest absolute Gasteiger partial charge is 0.497 e. The summed E-state index contributed by atoms with van der Waals surface area (Å²) < 4.78 is 5.42. The van der Waals surface area contributed by atoms with Crippen molar-refractivity contribution < 1.29 is 9.53 Å². The average Bonchev–Trinajstić information content (AvgIpc) is 2.92. The topological polar surface area (TPSA) is 29.5 Å². The molecular formula is C24H31NO2. The van der Waals surface area contributed by atoms with Gasteiger partial charge in [-0.3, -0.25) is 4.79 Å². The second-order valence-electron chi connectivity index (χ2n) is 8.97. The van der Waals surface area contributed by atoms with Crippen LogP contribution in [-0.2, 0) is 11.2 Å². The number of carbonyl (C=O) groups excluding carboxylic acids is 1. The van der Waals surface area contributed by atoms with Crippen molar-refractivity contribution in [2.75, 3.05) is 21.2 Å². The molecule has 0 aromatic heterocycles. The predicted octanol–water partition coefficient (Wildman–Crippen LogP) is 4.73. The summed E-state index contributed by atoms with van der Waals surface area (Å²) in [4.78, 5) is 15.2. The number of hydrogen-bond acceptors (Lipinski definition) is 3. The molecular weight excluding hydrogens is 334 g/mol. The van der Waals surface area contributed by atoms with E-state index in [0.29, 0.717) is 23.5 Å². The number of benzene rings is 1. The summed E-state index contributed by atoms with van der Waals surface area (Å²) in [7, 11) is 5.75. The fourth-order valence-corrected chi connectivity index (χ4v) is 5.84. The molecule has 0 bridgehead atoms. The highest BCUT2D eigenvalue weighted by Gasteiger charge is 2.56. The first kappa shape index (κ1) is 18.3. The number of nitrogens with zero attached hydrogens (tertiary/aromatic N) is 1. The average molecular weight is 366 g/mol. The predicted molar refractivity (Wildman–Crippen MR) is 109 cm³/mol. The Morgan fingerprint density at radius 1 is 1.26 bits per heavy atom. The molecule has 2 saturated carbocycles. The van der Waals surface area contributed by atoms with Crippen molar-refractivity contribution in [3.8, 4) is 5.75 Å². The normalized spacial score (nSPS) is 33.7. The molecule has 1 aromatic carbocycles. The summed E-state index contributed by atoms with van der Waals surface area (Å²) >= 11 is 0. The van der Waals surface area contributed by atoms with Gasteiger partial charge in [-0.05, 0) is 91.0 Å². The van der Waals surface area contributed by atoms with E-state index in [-0.39, 0.29) is 5.41 Å². The van der Waals surface area contributed by atoms with Gasteiger partial charge in [0.15, 0.2) is 5.78 Å². The minimum absolute atomic E-state index is 0.164. The van der Waals surface area contributed by atoms with Crippen LogP contribution in [-0.4, -0.2) is 31.9 Å². The number of ketones is 1. The monoisotopic (exact) mass is 365 g/mol. The van der Waals surface area contributed by atoms with Crippen LogP contribution in [0.1, 0.15) is 49.7 Å². The highest BCUT2D eigenvalue weighted by Crippen LogP contribution is 2.60. The Balaban J connectivity index is 1.63. The van der Waals surface area contributed by atoms with Crippen molar-refractivity contribution in [2.24, 2.45) is 17.3 Å². The Hall–Kier alpha value is -2.03. The SMILES string of the molecule is COc1ccc2c(c1)CC[C@H]1[C@@H]2CC[C@@]2(C)C(=O)/C(=C/C=C\N(C)C)C[C@@H]12. The highest BCUT2D eigenvalue weighted by molar-refractivity contribution is 6.02. The Bertz CT molecular complexity index is 807. The lowest BCUT2D eigenvalue weighted by atomic mass is 9.55. The lowest BCUT2D eigenvalue weighted by Crippen LogP contribution is -2.42. The van der Waals surface area contributed by atoms with Crippen LogP contribution in [0.3, 0.4) is 0 Å². The van der Waals surface area contributed by atoms with Crippen molar-refractivity contribution >= 4 is 5.78 Å². The number of Topliss-reactive ketones (excluding diaryl/α,β-unsaturated/α-hetero) is 1. The van der Waals surface area contributed by atoms with Gasteiger partial charge in [0.2, 0.25) is 0 Å². The molecule has 3 aliphatic rings. The van der Waals surface area contributed by atoms with E-state index in [2.05, 4.69) is 31.2 Å². The van der Waals surface area contributed by atoms with E-state index in [1.807, 2.05) is 31.3 Å². The Morgan fingerprint density at radius 2 is 2.07 bits per heavy atom. The molecule has 3 heteroatoms. The molecule has 1 aromatic rings. The molecule has 0 spiro atoms. The third kappa shape index (κ3) is 3.01. The van der Waals surface area contributed by atoms with Gasteiger partial charge in [0, 0.05) is 19.5 Å². The molecule has 0 radical (unpaired) electrons. The third-order valence-corrected chi connectivity index (χ3v) is 7.26. The highest BCUT2D eigenvalue weighted by atomic mass is 16.5. The standard InChI is InChI=1S/C24H31NO2/c1-24-12-11-20-19-10-8-18(27-4)14-16(19)7-9-21(20)22(24)15-17(23(24)26)6-5-13-25(2)3/h5-6,8,10,13-14,20-22H,7,9,11-12,15H2,1-4H3/b13-5-,17-6+/t20-,21+,22+,24-/m1/s1. The molecule has 0 unspecified atom stereocenters. The van der Waals surface area contributed by atoms with Crippen molar-refractivity contribution in [3.63, 3.8) is 0 Å². The van der Waals surface area contributed by atoms with Crippen molar-refractivity contribution in [1.29, 1.82) is 0 Å². The maximum atomic E-state index is 13.2. The fourth-order valence-electron chi connectivity index (χ4n) is 5.84. The van der Waals surface area contributed by atoms with E-state index in [0.717, 1.165) is 37.0 Å². The summed E-state index contributed by atoms with van der Waals surface area (Å²) in [5, 5.41) is 0. The summed E-state index contributed by atoms with van der Waals surface area (Å²) in [6, 6.07) is 6.60. The van der Waals surface area contributed by atoms with Gasteiger partial charge >= 0.3 is 0 Å². The molecule has 4 rings (SSSR count). The van der Waals surface area contributed by atoms with Gasteiger partial charge in [-0.2, -0.15) is 0 Å². The van der Waals surface area contributed by atoms with Crippen molar-refractivity contribution in [3.05, 3.63) is 53.3 Å². The molecule has 4 atom stereocenters. The van der Waals surface area contributed by atoms with E-state index in [4.69, 9.17) is 4.74 Å². The number of ether oxygens (including phenoxy) is 1. The van der Waals surface area contributed by atoms with E-state index < -0.39 is 0 Å². The summed E-state index contributed by atoms with van der Waals surface area (Å²) in [5.74, 6) is 3.06. The molecule has 3 aliphatic carbocycles. The smallest absolute Gasteiger partial charge is 0.165 e. The molecule has 0 saturated heterocycles. The molecule has 0 heterocycles. The minimum Gasteiger partial charge on any atom is -0.497 e. The van der Waals surface area contributed by atoms with Gasteiger partial charge in [-0.25, -0.2) is 0 Å². The van der Waals surface area contributed by atoms with Crippen LogP contribution < -0.4 is 4.74 Å². The molecule has 0 amide bonds. The Labute approximate surface area is 163 Å². The first-order valence-corrected chi connectivity index (χ1v) is 10.2. The first-order chi connectivity index (χ1) is 12.9. The van der Waals surface area contributed by atoms with Crippen LogP contribution in [0.25, 0.3) is 0 Å². The van der Waals surface area contributed by atoms with E-state index in [9.17, 15) is 4.79 Å². The maximum Gasteiger partial charge on any atom is 0.165 e. The number of allylic oxidation sites excluding steroid dienone is 3. The fraction of sp³-hybridized carbons (Fsp3) is 0.542. The summed E-state index contributed by atoms with van der Waals surface area (Å²) in [5.41, 5.74) is 3.82. The maximum absolute atomic E-state index is 13.2. The number of fused-ring (bicyclic) bond motifs is 5. The number of carbonyl (C=O) groups is 1. The van der Waals surface area contributed by atoms with Crippen LogP contribution in [0, 0.1) is 17.3 Å². The van der Waals surface area contributed by atoms with Gasteiger partial charge in [0.05, 0.1) is 7.11 Å². The van der Waals surface area contributed by atoms with E-state index in [1.165, 1.54) is 17.5 Å². The van der Waals surface area contributed by atoms with Crippen LogP contribution in [0.15, 0.2) is 42.1 Å². The lowest BCUT2D eigenvalue weighted by Gasteiger charge is -2.48. The summed E-state index contributed by atoms with van der Waals surface area (Å²) in [6.45, 7) is 2.23. The van der Waals surface area contributed by atoms with Gasteiger partial charge in [0.1, 0.15) is 5.75 Å². The van der Waals surface area contributed by atoms with Gasteiger partial charge in [-0.15, -0.1) is 0 Å².